The van der Waals surface area contributed by atoms with Gasteiger partial charge in [0.2, 0.25) is 5.28 Å². The van der Waals surface area contributed by atoms with Gasteiger partial charge in [0.15, 0.2) is 23.2 Å². The van der Waals surface area contributed by atoms with E-state index < -0.39 is 32.1 Å². The molecule has 1 fully saturated rings. The summed E-state index contributed by atoms with van der Waals surface area (Å²) in [6.07, 6.45) is -3.20. The van der Waals surface area contributed by atoms with Gasteiger partial charge in [0, 0.05) is 6.16 Å². The first-order chi connectivity index (χ1) is 16.0. The minimum absolute atomic E-state index is 0.0886. The second-order valence-electron chi connectivity index (χ2n) is 8.16. The zero-order valence-electron chi connectivity index (χ0n) is 18.0. The quantitative estimate of drug-likeness (QED) is 0.222. The average Bonchev–Trinajstić information content (AvgIpc) is 3.29. The number of aliphatic hydroxyl groups is 2. The van der Waals surface area contributed by atoms with Crippen LogP contribution in [0.3, 0.4) is 0 Å². The Morgan fingerprint density at radius 2 is 1.94 bits per heavy atom. The molecule has 4 rings (SSSR count). The van der Waals surface area contributed by atoms with Gasteiger partial charge < -0.3 is 30.1 Å². The Bertz CT molecular complexity index is 1210. The van der Waals surface area contributed by atoms with Crippen LogP contribution in [-0.2, 0) is 9.30 Å². The fraction of sp³-hybridized carbons (Fsp3) is 0.450. The number of aromatic nitrogens is 4. The summed E-state index contributed by atoms with van der Waals surface area (Å²) in [6.45, 7) is 1.86. The Hall–Kier alpha value is -2.18. The van der Waals surface area contributed by atoms with Crippen molar-refractivity contribution in [3.8, 4) is 0 Å². The van der Waals surface area contributed by atoms with Gasteiger partial charge in [-0.1, -0.05) is 12.1 Å². The molecule has 1 aromatic carbocycles. The molecule has 0 saturated carbocycles. The number of rotatable bonds is 8. The zero-order chi connectivity index (χ0) is 24.6. The molecule has 184 valence electrons. The van der Waals surface area contributed by atoms with E-state index >= 15 is 0 Å². The molecule has 5 N–H and O–H groups in total. The van der Waals surface area contributed by atoms with E-state index in [-0.39, 0.29) is 41.8 Å². The lowest BCUT2D eigenvalue weighted by molar-refractivity contribution is -0.0370. The largest absolute Gasteiger partial charge is 0.388 e. The first-order valence-corrected chi connectivity index (χ1v) is 12.7. The molecular formula is C20H24ClFN5O6P. The number of aliphatic hydroxyl groups excluding tert-OH is 2. The molecule has 34 heavy (non-hydrogen) atoms. The molecule has 3 aromatic rings. The third-order valence-corrected chi connectivity index (χ3v) is 6.73. The van der Waals surface area contributed by atoms with Crippen molar-refractivity contribution in [3.63, 3.8) is 0 Å². The summed E-state index contributed by atoms with van der Waals surface area (Å²) in [5.41, 5.74) is 1.40. The summed E-state index contributed by atoms with van der Waals surface area (Å²) in [4.78, 5) is 30.8. The predicted octanol–water partition coefficient (Wildman–Crippen LogP) is 2.37. The van der Waals surface area contributed by atoms with Crippen molar-refractivity contribution in [1.29, 1.82) is 0 Å². The molecule has 1 aliphatic rings. The zero-order valence-corrected chi connectivity index (χ0v) is 19.6. The van der Waals surface area contributed by atoms with Crippen LogP contribution in [0.25, 0.3) is 11.2 Å². The molecule has 0 radical (unpaired) electrons. The van der Waals surface area contributed by atoms with Gasteiger partial charge in [-0.05, 0) is 49.1 Å². The van der Waals surface area contributed by atoms with E-state index in [9.17, 15) is 19.2 Å². The van der Waals surface area contributed by atoms with Crippen molar-refractivity contribution in [1.82, 2.24) is 19.5 Å². The summed E-state index contributed by atoms with van der Waals surface area (Å²) in [5, 5.41) is 24.1. The van der Waals surface area contributed by atoms with Crippen LogP contribution in [0.15, 0.2) is 30.6 Å². The maximum absolute atomic E-state index is 13.2. The van der Waals surface area contributed by atoms with Crippen molar-refractivity contribution in [3.05, 3.63) is 47.3 Å². The summed E-state index contributed by atoms with van der Waals surface area (Å²) in [6, 6.07) is 5.72. The highest BCUT2D eigenvalue weighted by atomic mass is 35.5. The summed E-state index contributed by atoms with van der Waals surface area (Å²) in [5.74, 6) is -0.0312. The minimum Gasteiger partial charge on any atom is -0.388 e. The van der Waals surface area contributed by atoms with Gasteiger partial charge in [0.1, 0.15) is 18.0 Å². The molecule has 5 atom stereocenters. The van der Waals surface area contributed by atoms with Crippen LogP contribution in [-0.4, -0.2) is 64.0 Å². The van der Waals surface area contributed by atoms with Crippen molar-refractivity contribution in [2.24, 2.45) is 0 Å². The lowest BCUT2D eigenvalue weighted by Gasteiger charge is -2.18. The monoisotopic (exact) mass is 515 g/mol. The second-order valence-corrected chi connectivity index (χ2v) is 10.3. The van der Waals surface area contributed by atoms with Gasteiger partial charge in [-0.25, -0.2) is 9.37 Å². The lowest BCUT2D eigenvalue weighted by atomic mass is 10.1. The second kappa shape index (κ2) is 9.82. The van der Waals surface area contributed by atoms with Gasteiger partial charge in [0.25, 0.3) is 0 Å². The fourth-order valence-corrected chi connectivity index (χ4v) is 4.67. The smallest absolute Gasteiger partial charge is 0.325 e. The van der Waals surface area contributed by atoms with Gasteiger partial charge in [-0.3, -0.25) is 9.13 Å². The first-order valence-electron chi connectivity index (χ1n) is 10.5. The third-order valence-electron chi connectivity index (χ3n) is 5.67. The normalized spacial score (nSPS) is 24.0. The molecule has 0 bridgehead atoms. The number of nitrogens with zero attached hydrogens (tertiary/aromatic N) is 4. The van der Waals surface area contributed by atoms with Gasteiger partial charge in [-0.15, -0.1) is 0 Å². The Labute approximate surface area is 198 Å². The number of nitrogens with one attached hydrogen (secondary N) is 1. The summed E-state index contributed by atoms with van der Waals surface area (Å²) in [7, 11) is -4.17. The number of imidazole rings is 1. The summed E-state index contributed by atoms with van der Waals surface area (Å²) < 4.78 is 31.5. The molecule has 0 aliphatic carbocycles. The topological polar surface area (TPSA) is 163 Å². The SMILES string of the molecule is C[C@H](Nc1nc(Cl)nc2c1ncn2[C@@H]1O[C@H](CCCP(=O)(O)O)C(O)[C@@H]1O)c1ccc(F)cc1. The molecule has 0 amide bonds. The van der Waals surface area contributed by atoms with Crippen molar-refractivity contribution < 1.29 is 33.7 Å². The Morgan fingerprint density at radius 1 is 1.24 bits per heavy atom. The van der Waals surface area contributed by atoms with E-state index in [1.807, 2.05) is 6.92 Å². The van der Waals surface area contributed by atoms with Crippen molar-refractivity contribution in [2.75, 3.05) is 11.5 Å². The Balaban J connectivity index is 1.56. The molecule has 0 spiro atoms. The number of benzene rings is 1. The van der Waals surface area contributed by atoms with E-state index in [0.29, 0.717) is 11.3 Å². The van der Waals surface area contributed by atoms with Gasteiger partial charge >= 0.3 is 7.60 Å². The fourth-order valence-electron chi connectivity index (χ4n) is 3.91. The first kappa shape index (κ1) is 24.9. The highest BCUT2D eigenvalue weighted by Gasteiger charge is 2.44. The van der Waals surface area contributed by atoms with Gasteiger partial charge in [0.05, 0.1) is 18.5 Å². The maximum atomic E-state index is 13.2. The number of hydrogen-bond acceptors (Lipinski definition) is 8. The van der Waals surface area contributed by atoms with E-state index in [2.05, 4.69) is 20.3 Å². The minimum atomic E-state index is -4.17. The Kier molecular flexibility index (Phi) is 7.20. The summed E-state index contributed by atoms with van der Waals surface area (Å²) >= 11 is 6.14. The number of anilines is 1. The third kappa shape index (κ3) is 5.38. The van der Waals surface area contributed by atoms with Crippen LogP contribution >= 0.6 is 19.2 Å². The lowest BCUT2D eigenvalue weighted by Crippen LogP contribution is -2.31. The Morgan fingerprint density at radius 3 is 2.62 bits per heavy atom. The standard InChI is InChI=1S/C20H24ClFN5O6P/c1-10(11-4-6-12(22)7-5-11)24-17-14-18(26-20(21)25-17)27(9-23-14)19-16(29)15(28)13(33-19)3-2-8-34(30,31)32/h4-7,9-10,13,15-16,19,28-29H,2-3,8H2,1H3,(H,24,25,26)(H2,30,31,32)/t10-,13+,15?,16-,19+/m0/s1. The number of ether oxygens (including phenoxy) is 1. The molecule has 3 heterocycles. The molecule has 1 unspecified atom stereocenters. The molecule has 11 nitrogen and oxygen atoms in total. The van der Waals surface area contributed by atoms with Crippen LogP contribution in [0, 0.1) is 5.82 Å². The molecule has 14 heteroatoms. The van der Waals surface area contributed by atoms with E-state index in [4.69, 9.17) is 26.1 Å². The van der Waals surface area contributed by atoms with E-state index in [0.717, 1.165) is 5.56 Å². The van der Waals surface area contributed by atoms with Crippen LogP contribution in [0.5, 0.6) is 0 Å². The predicted molar refractivity (Wildman–Crippen MR) is 121 cm³/mol. The van der Waals surface area contributed by atoms with Crippen LogP contribution in [0.2, 0.25) is 5.28 Å². The maximum Gasteiger partial charge on any atom is 0.325 e. The van der Waals surface area contributed by atoms with Gasteiger partial charge in [-0.2, -0.15) is 9.97 Å². The molecular weight excluding hydrogens is 492 g/mol. The number of hydrogen-bond donors (Lipinski definition) is 5. The number of fused-ring (bicyclic) bond motifs is 1. The molecule has 1 aliphatic heterocycles. The molecule has 1 saturated heterocycles. The van der Waals surface area contributed by atoms with Crippen molar-refractivity contribution in [2.45, 2.75) is 50.3 Å². The highest BCUT2D eigenvalue weighted by molar-refractivity contribution is 7.51. The van der Waals surface area contributed by atoms with Crippen molar-refractivity contribution >= 4 is 36.2 Å². The number of halogens is 2. The van der Waals surface area contributed by atoms with Crippen LogP contribution in [0.1, 0.15) is 37.6 Å². The molecule has 2 aromatic heterocycles. The average molecular weight is 516 g/mol. The van der Waals surface area contributed by atoms with Crippen LogP contribution < -0.4 is 5.32 Å². The van der Waals surface area contributed by atoms with Crippen LogP contribution in [0.4, 0.5) is 10.2 Å². The highest BCUT2D eigenvalue weighted by Crippen LogP contribution is 2.38. The van der Waals surface area contributed by atoms with E-state index in [1.54, 1.807) is 12.1 Å². The van der Waals surface area contributed by atoms with E-state index in [1.165, 1.54) is 23.0 Å².